The number of nitrogens with zero attached hydrogens (tertiary/aromatic N) is 4. The van der Waals surface area contributed by atoms with E-state index >= 15 is 0 Å². The monoisotopic (exact) mass is 460 g/mol. The Labute approximate surface area is 187 Å². The summed E-state index contributed by atoms with van der Waals surface area (Å²) in [7, 11) is -3.95. The van der Waals surface area contributed by atoms with Crippen molar-refractivity contribution in [1.82, 2.24) is 14.8 Å². The molecular weight excluding hydrogens is 432 g/mol. The Balaban J connectivity index is 1.64. The van der Waals surface area contributed by atoms with Crippen LogP contribution in [0.15, 0.2) is 35.5 Å². The minimum absolute atomic E-state index is 0.0380. The number of rotatable bonds is 6. The first-order valence-corrected chi connectivity index (χ1v) is 12.0. The lowest BCUT2D eigenvalue weighted by molar-refractivity contribution is -0.383. The maximum atomic E-state index is 12.6. The van der Waals surface area contributed by atoms with Gasteiger partial charge in [-0.1, -0.05) is 38.5 Å². The molecule has 32 heavy (non-hydrogen) atoms. The van der Waals surface area contributed by atoms with E-state index in [1.165, 1.54) is 18.5 Å². The van der Waals surface area contributed by atoms with E-state index < -0.39 is 14.9 Å². The fraction of sp³-hybridized carbons (Fsp3) is 0.524. The Bertz CT molecular complexity index is 1150. The van der Waals surface area contributed by atoms with Crippen molar-refractivity contribution in [1.29, 1.82) is 0 Å². The standard InChI is InChI=1S/C21H28N6O4S/c1-14-5-7-16(8-6-14)32(30,31)25-24-18-17(27(28)29)19(23-13-22-18)26-12-21(4)10-15(26)9-20(2,3)11-21/h5-8,13,15,25H,9-12H2,1-4H3,(H,22,23,24). The zero-order valence-electron chi connectivity index (χ0n) is 18.6. The number of hydrazine groups is 1. The summed E-state index contributed by atoms with van der Waals surface area (Å²) in [6.45, 7) is 9.17. The number of sulfonamides is 1. The Morgan fingerprint density at radius 2 is 1.84 bits per heavy atom. The first-order valence-electron chi connectivity index (χ1n) is 10.5. The van der Waals surface area contributed by atoms with Crippen LogP contribution in [0, 0.1) is 27.9 Å². The summed E-state index contributed by atoms with van der Waals surface area (Å²) in [6, 6.07) is 6.41. The van der Waals surface area contributed by atoms with Crippen LogP contribution in [0.4, 0.5) is 17.3 Å². The number of nitro groups is 1. The molecule has 2 atom stereocenters. The van der Waals surface area contributed by atoms with Gasteiger partial charge in [0.15, 0.2) is 0 Å². The maximum Gasteiger partial charge on any atom is 0.354 e. The van der Waals surface area contributed by atoms with Crippen molar-refractivity contribution in [3.05, 3.63) is 46.3 Å². The molecule has 10 nitrogen and oxygen atoms in total. The Kier molecular flexibility index (Phi) is 5.36. The molecule has 1 aliphatic heterocycles. The van der Waals surface area contributed by atoms with Crippen LogP contribution in [0.2, 0.25) is 0 Å². The highest BCUT2D eigenvalue weighted by molar-refractivity contribution is 7.89. The van der Waals surface area contributed by atoms with Gasteiger partial charge < -0.3 is 4.90 Å². The molecule has 2 heterocycles. The molecule has 2 N–H and O–H groups in total. The smallest absolute Gasteiger partial charge is 0.347 e. The number of benzene rings is 1. The van der Waals surface area contributed by atoms with Crippen LogP contribution >= 0.6 is 0 Å². The minimum Gasteiger partial charge on any atom is -0.347 e. The van der Waals surface area contributed by atoms with Crippen LogP contribution in [-0.4, -0.2) is 35.9 Å². The minimum atomic E-state index is -3.95. The van der Waals surface area contributed by atoms with E-state index in [-0.39, 0.29) is 39.1 Å². The first-order chi connectivity index (χ1) is 14.9. The topological polar surface area (TPSA) is 130 Å². The van der Waals surface area contributed by atoms with E-state index in [9.17, 15) is 18.5 Å². The van der Waals surface area contributed by atoms with Crippen LogP contribution in [0.3, 0.4) is 0 Å². The fourth-order valence-electron chi connectivity index (χ4n) is 5.44. The summed E-state index contributed by atoms with van der Waals surface area (Å²) in [6.07, 6.45) is 4.11. The summed E-state index contributed by atoms with van der Waals surface area (Å²) in [5.74, 6) is 0.0232. The number of aryl methyl sites for hydroxylation is 1. The third-order valence-corrected chi connectivity index (χ3v) is 7.57. The van der Waals surface area contributed by atoms with Gasteiger partial charge in [-0.25, -0.2) is 18.4 Å². The van der Waals surface area contributed by atoms with E-state index in [0.717, 1.165) is 24.8 Å². The van der Waals surface area contributed by atoms with Crippen LogP contribution in [0.1, 0.15) is 45.6 Å². The van der Waals surface area contributed by atoms with Crippen LogP contribution in [0.25, 0.3) is 0 Å². The molecule has 1 aromatic carbocycles. The third-order valence-electron chi connectivity index (χ3n) is 6.31. The number of fused-ring (bicyclic) bond motifs is 2. The van der Waals surface area contributed by atoms with Gasteiger partial charge in [0, 0.05) is 12.6 Å². The lowest BCUT2D eigenvalue weighted by atomic mass is 9.65. The molecule has 1 aliphatic carbocycles. The average molecular weight is 461 g/mol. The molecule has 0 amide bonds. The molecule has 1 saturated heterocycles. The molecule has 11 heteroatoms. The van der Waals surface area contributed by atoms with Crippen molar-refractivity contribution in [3.63, 3.8) is 0 Å². The quantitative estimate of drug-likeness (QED) is 0.495. The highest BCUT2D eigenvalue weighted by Crippen LogP contribution is 2.54. The van der Waals surface area contributed by atoms with Crippen molar-refractivity contribution in [2.24, 2.45) is 10.8 Å². The summed E-state index contributed by atoms with van der Waals surface area (Å²) in [4.78, 5) is 23.9. The van der Waals surface area contributed by atoms with E-state index in [2.05, 4.69) is 41.0 Å². The molecular formula is C21H28N6O4S. The van der Waals surface area contributed by atoms with Gasteiger partial charge in [0.2, 0.25) is 11.6 Å². The predicted octanol–water partition coefficient (Wildman–Crippen LogP) is 3.40. The zero-order valence-corrected chi connectivity index (χ0v) is 19.4. The highest BCUT2D eigenvalue weighted by Gasteiger charge is 2.51. The average Bonchev–Trinajstić information content (AvgIpc) is 2.94. The highest BCUT2D eigenvalue weighted by atomic mass is 32.2. The Morgan fingerprint density at radius 1 is 1.16 bits per heavy atom. The van der Waals surface area contributed by atoms with Crippen molar-refractivity contribution in [3.8, 4) is 0 Å². The predicted molar refractivity (Wildman–Crippen MR) is 121 cm³/mol. The lowest BCUT2D eigenvalue weighted by Crippen LogP contribution is -2.35. The van der Waals surface area contributed by atoms with Crippen molar-refractivity contribution in [2.75, 3.05) is 16.9 Å². The van der Waals surface area contributed by atoms with Gasteiger partial charge in [0.1, 0.15) is 6.33 Å². The maximum absolute atomic E-state index is 12.6. The number of hydrogen-bond donors (Lipinski definition) is 2. The second-order valence-corrected chi connectivity index (χ2v) is 11.7. The van der Waals surface area contributed by atoms with Gasteiger partial charge in [0.05, 0.1) is 9.82 Å². The van der Waals surface area contributed by atoms with Crippen molar-refractivity contribution in [2.45, 2.75) is 57.9 Å². The lowest BCUT2D eigenvalue weighted by Gasteiger charge is -2.39. The van der Waals surface area contributed by atoms with Crippen molar-refractivity contribution < 1.29 is 13.3 Å². The Hall–Kier alpha value is -2.79. The molecule has 1 saturated carbocycles. The summed E-state index contributed by atoms with van der Waals surface area (Å²) in [5.41, 5.74) is 3.20. The van der Waals surface area contributed by atoms with Crippen LogP contribution < -0.4 is 15.2 Å². The number of aromatic nitrogens is 2. The second-order valence-electron chi connectivity index (χ2n) is 10.0. The van der Waals surface area contributed by atoms with Gasteiger partial charge in [-0.2, -0.15) is 0 Å². The van der Waals surface area contributed by atoms with Gasteiger partial charge in [-0.05, 0) is 49.1 Å². The second kappa shape index (κ2) is 7.66. The largest absolute Gasteiger partial charge is 0.354 e. The normalized spacial score (nSPS) is 24.4. The van der Waals surface area contributed by atoms with E-state index in [1.807, 2.05) is 11.8 Å². The SMILES string of the molecule is Cc1ccc(S(=O)(=O)NNc2ncnc(N3CC4(C)CC3CC(C)(C)C4)c2[N+](=O)[O-])cc1. The molecule has 2 fully saturated rings. The number of hydrogen-bond acceptors (Lipinski definition) is 8. The van der Waals surface area contributed by atoms with Crippen LogP contribution in [0.5, 0.6) is 0 Å². The molecule has 2 unspecified atom stereocenters. The molecule has 0 spiro atoms. The molecule has 2 aliphatic rings. The zero-order chi connectivity index (χ0) is 23.3. The fourth-order valence-corrected chi connectivity index (χ4v) is 6.28. The number of anilines is 2. The van der Waals surface area contributed by atoms with E-state index in [1.54, 1.807) is 12.1 Å². The van der Waals surface area contributed by atoms with E-state index in [0.29, 0.717) is 6.54 Å². The van der Waals surface area contributed by atoms with Crippen LogP contribution in [-0.2, 0) is 10.0 Å². The molecule has 0 radical (unpaired) electrons. The molecule has 2 bridgehead atoms. The Morgan fingerprint density at radius 3 is 2.50 bits per heavy atom. The van der Waals surface area contributed by atoms with Gasteiger partial charge >= 0.3 is 5.69 Å². The van der Waals surface area contributed by atoms with Gasteiger partial charge in [-0.15, -0.1) is 4.83 Å². The molecule has 1 aromatic heterocycles. The molecule has 4 rings (SSSR count). The summed E-state index contributed by atoms with van der Waals surface area (Å²) >= 11 is 0. The van der Waals surface area contributed by atoms with E-state index in [4.69, 9.17) is 0 Å². The number of nitrogens with one attached hydrogen (secondary N) is 2. The van der Waals surface area contributed by atoms with Crippen molar-refractivity contribution >= 4 is 27.3 Å². The third kappa shape index (κ3) is 4.26. The summed E-state index contributed by atoms with van der Waals surface area (Å²) < 4.78 is 25.2. The molecule has 2 aromatic rings. The molecule has 172 valence electrons. The first kappa shape index (κ1) is 22.4. The van der Waals surface area contributed by atoms with Gasteiger partial charge in [0.25, 0.3) is 10.0 Å². The van der Waals surface area contributed by atoms with Gasteiger partial charge in [-0.3, -0.25) is 15.5 Å². The summed E-state index contributed by atoms with van der Waals surface area (Å²) in [5, 5.41) is 12.0.